The topological polar surface area (TPSA) is 111 Å². The van der Waals surface area contributed by atoms with E-state index in [1.807, 2.05) is 25.1 Å². The first-order chi connectivity index (χ1) is 18.9. The molecule has 2 aliphatic rings. The van der Waals surface area contributed by atoms with Crippen LogP contribution in [0.5, 0.6) is 5.75 Å². The molecule has 4 heterocycles. The molecule has 1 fully saturated rings. The molecule has 1 N–H and O–H groups in total. The van der Waals surface area contributed by atoms with Crippen molar-refractivity contribution in [3.63, 3.8) is 0 Å². The number of furan rings is 1. The number of benzene rings is 2. The van der Waals surface area contributed by atoms with E-state index in [1.165, 1.54) is 15.7 Å². The summed E-state index contributed by atoms with van der Waals surface area (Å²) < 4.78 is 12.3. The zero-order valence-electron chi connectivity index (χ0n) is 21.0. The highest BCUT2D eigenvalue weighted by atomic mass is 32.2. The molecule has 6 rings (SSSR count). The number of para-hydroxylation sites is 1. The number of hydrogen-bond acceptors (Lipinski definition) is 8. The van der Waals surface area contributed by atoms with Crippen molar-refractivity contribution in [1.82, 2.24) is 4.57 Å². The summed E-state index contributed by atoms with van der Waals surface area (Å²) in [6.07, 6.45) is 1.50. The van der Waals surface area contributed by atoms with Gasteiger partial charge in [0.2, 0.25) is 17.7 Å². The van der Waals surface area contributed by atoms with Crippen molar-refractivity contribution in [2.45, 2.75) is 29.7 Å². The van der Waals surface area contributed by atoms with E-state index in [1.54, 1.807) is 49.6 Å². The van der Waals surface area contributed by atoms with Crippen LogP contribution in [0.4, 0.5) is 11.4 Å². The maximum atomic E-state index is 13.8. The van der Waals surface area contributed by atoms with Crippen molar-refractivity contribution >= 4 is 52.2 Å². The molecule has 0 aliphatic carbocycles. The van der Waals surface area contributed by atoms with Crippen LogP contribution < -0.4 is 19.8 Å². The Hall–Kier alpha value is -4.09. The van der Waals surface area contributed by atoms with Gasteiger partial charge in [0.25, 0.3) is 0 Å². The highest BCUT2D eigenvalue weighted by molar-refractivity contribution is 8.00. The monoisotopic (exact) mass is 561 g/mol. The summed E-state index contributed by atoms with van der Waals surface area (Å²) in [5, 5.41) is 2.57. The number of aromatic nitrogens is 1. The van der Waals surface area contributed by atoms with Crippen LogP contribution in [-0.4, -0.2) is 34.6 Å². The van der Waals surface area contributed by atoms with E-state index in [0.717, 1.165) is 28.7 Å². The van der Waals surface area contributed by atoms with E-state index in [-0.39, 0.29) is 29.1 Å². The number of thiazole rings is 1. The predicted octanol–water partition coefficient (Wildman–Crippen LogP) is 4.25. The lowest BCUT2D eigenvalue weighted by molar-refractivity contribution is -0.122. The van der Waals surface area contributed by atoms with Crippen LogP contribution in [0.3, 0.4) is 0 Å². The summed E-state index contributed by atoms with van der Waals surface area (Å²) in [4.78, 5) is 55.1. The number of ether oxygens (including phenoxy) is 1. The Bertz CT molecular complexity index is 1640. The lowest BCUT2D eigenvalue weighted by Gasteiger charge is -2.29. The van der Waals surface area contributed by atoms with Crippen LogP contribution in [0.1, 0.15) is 22.1 Å². The van der Waals surface area contributed by atoms with Crippen molar-refractivity contribution in [2.75, 3.05) is 17.3 Å². The number of thioether (sulfide) groups is 1. The standard InChI is InChI=1S/C28H23N3O6S2/c1-15-6-3-4-7-18(15)29-20(32)14-30-27-24(39-28(30)35)21(19-8-5-13-37-19)22-23(38-27)26(34)31(25(22)33)16-9-11-17(36-2)12-10-16/h3-13,21-23H,14H2,1-2H3,(H,29,32)/t21-,22?,23?/m1/s1. The number of anilines is 2. The Balaban J connectivity index is 1.38. The van der Waals surface area contributed by atoms with Gasteiger partial charge in [0.1, 0.15) is 23.3 Å². The predicted molar refractivity (Wildman–Crippen MR) is 148 cm³/mol. The number of methoxy groups -OCH3 is 1. The Morgan fingerprint density at radius 3 is 2.49 bits per heavy atom. The molecule has 11 heteroatoms. The lowest BCUT2D eigenvalue weighted by Crippen LogP contribution is -2.32. The number of fused-ring (bicyclic) bond motifs is 2. The molecule has 1 saturated heterocycles. The van der Waals surface area contributed by atoms with E-state index in [4.69, 9.17) is 9.15 Å². The molecule has 0 saturated carbocycles. The van der Waals surface area contributed by atoms with Crippen molar-refractivity contribution in [3.05, 3.63) is 92.8 Å². The molecule has 2 aromatic carbocycles. The fourth-order valence-corrected chi connectivity index (χ4v) is 7.82. The quantitative estimate of drug-likeness (QED) is 0.350. The first-order valence-corrected chi connectivity index (χ1v) is 13.9. The zero-order valence-corrected chi connectivity index (χ0v) is 22.6. The van der Waals surface area contributed by atoms with Crippen LogP contribution >= 0.6 is 23.1 Å². The van der Waals surface area contributed by atoms with Crippen LogP contribution in [0.25, 0.3) is 0 Å². The molecule has 0 radical (unpaired) electrons. The van der Waals surface area contributed by atoms with E-state index < -0.39 is 17.1 Å². The van der Waals surface area contributed by atoms with Gasteiger partial charge < -0.3 is 14.5 Å². The molecule has 0 bridgehead atoms. The summed E-state index contributed by atoms with van der Waals surface area (Å²) >= 11 is 2.14. The zero-order chi connectivity index (χ0) is 27.3. The van der Waals surface area contributed by atoms with Gasteiger partial charge >= 0.3 is 4.87 Å². The summed E-state index contributed by atoms with van der Waals surface area (Å²) in [6, 6.07) is 17.5. The smallest absolute Gasteiger partial charge is 0.308 e. The van der Waals surface area contributed by atoms with Crippen LogP contribution in [0.15, 0.2) is 81.2 Å². The van der Waals surface area contributed by atoms with E-state index in [0.29, 0.717) is 32.8 Å². The summed E-state index contributed by atoms with van der Waals surface area (Å²) in [6.45, 7) is 1.66. The highest BCUT2D eigenvalue weighted by Crippen LogP contribution is 2.54. The van der Waals surface area contributed by atoms with Gasteiger partial charge in [0, 0.05) is 5.69 Å². The van der Waals surface area contributed by atoms with Gasteiger partial charge in [-0.1, -0.05) is 41.3 Å². The van der Waals surface area contributed by atoms with Crippen molar-refractivity contribution in [2.24, 2.45) is 5.92 Å². The minimum atomic E-state index is -0.790. The van der Waals surface area contributed by atoms with Crippen LogP contribution in [0.2, 0.25) is 0 Å². The molecular formula is C28H23N3O6S2. The Labute approximate surface area is 231 Å². The lowest BCUT2D eigenvalue weighted by atomic mass is 9.87. The van der Waals surface area contributed by atoms with Gasteiger partial charge in [0.05, 0.1) is 40.8 Å². The van der Waals surface area contributed by atoms with Gasteiger partial charge in [0.15, 0.2) is 0 Å². The normalized spacial score (nSPS) is 20.1. The molecule has 0 spiro atoms. The second-order valence-corrected chi connectivity index (χ2v) is 11.4. The minimum absolute atomic E-state index is 0.224. The number of hydrogen-bond donors (Lipinski definition) is 1. The molecule has 2 unspecified atom stereocenters. The summed E-state index contributed by atoms with van der Waals surface area (Å²) in [5.74, 6) is -1.42. The second-order valence-electron chi connectivity index (χ2n) is 9.25. The molecule has 2 aromatic heterocycles. The Morgan fingerprint density at radius 2 is 1.79 bits per heavy atom. The molecule has 3 atom stereocenters. The number of carbonyl (C=O) groups is 3. The second kappa shape index (κ2) is 9.90. The van der Waals surface area contributed by atoms with Gasteiger partial charge in [-0.2, -0.15) is 0 Å². The third-order valence-corrected chi connectivity index (χ3v) is 9.55. The molecule has 198 valence electrons. The number of nitrogens with one attached hydrogen (secondary N) is 1. The molecule has 4 aromatic rings. The first-order valence-electron chi connectivity index (χ1n) is 12.2. The fourth-order valence-electron chi connectivity index (χ4n) is 5.06. The Kier molecular flexibility index (Phi) is 6.40. The fraction of sp³-hybridized carbons (Fsp3) is 0.214. The van der Waals surface area contributed by atoms with E-state index in [2.05, 4.69) is 5.32 Å². The van der Waals surface area contributed by atoms with E-state index >= 15 is 0 Å². The molecular weight excluding hydrogens is 538 g/mol. The average molecular weight is 562 g/mol. The van der Waals surface area contributed by atoms with Gasteiger partial charge in [-0.25, -0.2) is 4.90 Å². The molecule has 39 heavy (non-hydrogen) atoms. The van der Waals surface area contributed by atoms with Gasteiger partial charge in [-0.05, 0) is 55.0 Å². The van der Waals surface area contributed by atoms with Gasteiger partial charge in [-0.15, -0.1) is 0 Å². The summed E-state index contributed by atoms with van der Waals surface area (Å²) in [7, 11) is 1.54. The van der Waals surface area contributed by atoms with Crippen molar-refractivity contribution in [3.8, 4) is 5.75 Å². The van der Waals surface area contributed by atoms with E-state index in [9.17, 15) is 19.2 Å². The number of rotatable bonds is 6. The molecule has 2 aliphatic heterocycles. The third-order valence-electron chi connectivity index (χ3n) is 6.95. The number of aryl methyl sites for hydroxylation is 1. The van der Waals surface area contributed by atoms with Crippen molar-refractivity contribution in [1.29, 1.82) is 0 Å². The van der Waals surface area contributed by atoms with Gasteiger partial charge in [-0.3, -0.25) is 23.7 Å². The average Bonchev–Trinajstić information content (AvgIpc) is 3.63. The minimum Gasteiger partial charge on any atom is -0.497 e. The molecule has 9 nitrogen and oxygen atoms in total. The van der Waals surface area contributed by atoms with Crippen LogP contribution in [-0.2, 0) is 20.9 Å². The van der Waals surface area contributed by atoms with Crippen molar-refractivity contribution < 1.29 is 23.5 Å². The third kappa shape index (κ3) is 4.27. The summed E-state index contributed by atoms with van der Waals surface area (Å²) in [5.41, 5.74) is 2.00. The molecule has 3 amide bonds. The number of nitrogens with zero attached hydrogens (tertiary/aromatic N) is 2. The van der Waals surface area contributed by atoms with Crippen LogP contribution in [0, 0.1) is 12.8 Å². The number of amides is 3. The maximum absolute atomic E-state index is 13.8. The Morgan fingerprint density at radius 1 is 1.03 bits per heavy atom. The first kappa shape index (κ1) is 25.2. The number of carbonyl (C=O) groups excluding carboxylic acids is 3. The SMILES string of the molecule is COc1ccc(N2C(=O)C3Sc4c(sc(=O)n4CC(=O)Nc4ccccc4C)[C@H](c4ccco4)C3C2=O)cc1. The number of imide groups is 1. The maximum Gasteiger partial charge on any atom is 0.308 e. The largest absolute Gasteiger partial charge is 0.497 e. The highest BCUT2D eigenvalue weighted by Gasteiger charge is 2.57.